The summed E-state index contributed by atoms with van der Waals surface area (Å²) in [6.07, 6.45) is 2.51. The van der Waals surface area contributed by atoms with Crippen LogP contribution in [0.3, 0.4) is 0 Å². The van der Waals surface area contributed by atoms with Crippen molar-refractivity contribution in [2.24, 2.45) is 5.92 Å². The van der Waals surface area contributed by atoms with E-state index in [-0.39, 0.29) is 22.9 Å². The Balaban J connectivity index is 2.36. The molecule has 98 valence electrons. The van der Waals surface area contributed by atoms with E-state index in [4.69, 9.17) is 0 Å². The Kier molecular flexibility index (Phi) is 3.61. The van der Waals surface area contributed by atoms with Gasteiger partial charge in [0, 0.05) is 24.5 Å². The molecule has 1 saturated heterocycles. The smallest absolute Gasteiger partial charge is 0.259 e. The number of halogens is 1. The summed E-state index contributed by atoms with van der Waals surface area (Å²) in [7, 11) is 0. The lowest BCUT2D eigenvalue weighted by Crippen LogP contribution is -2.38. The maximum atomic E-state index is 12.4. The number of aromatic amines is 1. The largest absolute Gasteiger partial charge is 0.363 e. The number of hydrogen-bond donors (Lipinski definition) is 1. The fraction of sp³-hybridized carbons (Fsp3) is 0.538. The van der Waals surface area contributed by atoms with Gasteiger partial charge in [0.05, 0.1) is 4.47 Å². The summed E-state index contributed by atoms with van der Waals surface area (Å²) in [6.45, 7) is 6.69. The highest BCUT2D eigenvalue weighted by Gasteiger charge is 2.32. The summed E-state index contributed by atoms with van der Waals surface area (Å²) >= 11 is 3.22. The standard InChI is InChI=1S/C13H17BrN2O2/c1-7-4-5-16(9(7)3)13(18)10-6-15-8(2)11(14)12(10)17/h6-7,9H,4-5H2,1-3H3,(H,15,17). The van der Waals surface area contributed by atoms with Crippen molar-refractivity contribution in [3.8, 4) is 0 Å². The lowest BCUT2D eigenvalue weighted by atomic mass is 10.1. The third kappa shape index (κ3) is 2.11. The molecule has 1 N–H and O–H groups in total. The number of pyridine rings is 1. The van der Waals surface area contributed by atoms with Crippen molar-refractivity contribution in [2.75, 3.05) is 6.54 Å². The van der Waals surface area contributed by atoms with Gasteiger partial charge < -0.3 is 9.88 Å². The fourth-order valence-electron chi connectivity index (χ4n) is 2.29. The quantitative estimate of drug-likeness (QED) is 0.865. The summed E-state index contributed by atoms with van der Waals surface area (Å²) in [6, 6.07) is 0.192. The zero-order valence-corrected chi connectivity index (χ0v) is 12.4. The number of hydrogen-bond acceptors (Lipinski definition) is 2. The number of carbonyl (C=O) groups is 1. The van der Waals surface area contributed by atoms with Gasteiger partial charge in [-0.15, -0.1) is 0 Å². The number of carbonyl (C=O) groups excluding carboxylic acids is 1. The van der Waals surface area contributed by atoms with Crippen LogP contribution in [0.1, 0.15) is 36.3 Å². The second-order valence-corrected chi connectivity index (χ2v) is 5.77. The van der Waals surface area contributed by atoms with E-state index >= 15 is 0 Å². The lowest BCUT2D eigenvalue weighted by Gasteiger charge is -2.23. The van der Waals surface area contributed by atoms with Crippen LogP contribution in [-0.2, 0) is 0 Å². The van der Waals surface area contributed by atoms with Gasteiger partial charge in [0.1, 0.15) is 5.56 Å². The van der Waals surface area contributed by atoms with Gasteiger partial charge in [0.25, 0.3) is 5.91 Å². The van der Waals surface area contributed by atoms with Crippen LogP contribution in [0, 0.1) is 12.8 Å². The SMILES string of the molecule is Cc1[nH]cc(C(=O)N2CCC(C)C2C)c(=O)c1Br. The number of nitrogens with zero attached hydrogens (tertiary/aromatic N) is 1. The number of likely N-dealkylation sites (tertiary alicyclic amines) is 1. The van der Waals surface area contributed by atoms with E-state index in [9.17, 15) is 9.59 Å². The normalized spacial score (nSPS) is 23.4. The molecule has 0 radical (unpaired) electrons. The molecule has 1 fully saturated rings. The number of aromatic nitrogens is 1. The third-order valence-corrected chi connectivity index (χ3v) is 4.79. The average Bonchev–Trinajstić information content (AvgIpc) is 2.67. The summed E-state index contributed by atoms with van der Waals surface area (Å²) < 4.78 is 0.438. The first-order chi connectivity index (χ1) is 8.43. The van der Waals surface area contributed by atoms with Crippen LogP contribution in [-0.4, -0.2) is 28.4 Å². The highest BCUT2D eigenvalue weighted by molar-refractivity contribution is 9.10. The summed E-state index contributed by atoms with van der Waals surface area (Å²) in [4.78, 5) is 29.2. The molecule has 18 heavy (non-hydrogen) atoms. The Hall–Kier alpha value is -1.10. The van der Waals surface area contributed by atoms with Crippen LogP contribution >= 0.6 is 15.9 Å². The average molecular weight is 313 g/mol. The number of rotatable bonds is 1. The zero-order valence-electron chi connectivity index (χ0n) is 10.8. The van der Waals surface area contributed by atoms with Crippen molar-refractivity contribution in [1.82, 2.24) is 9.88 Å². The molecule has 0 aliphatic carbocycles. The molecule has 4 nitrogen and oxygen atoms in total. The number of nitrogens with one attached hydrogen (secondary N) is 1. The van der Waals surface area contributed by atoms with E-state index in [1.54, 1.807) is 11.8 Å². The molecule has 1 amide bonds. The van der Waals surface area contributed by atoms with E-state index in [1.165, 1.54) is 6.20 Å². The fourth-order valence-corrected chi connectivity index (χ4v) is 2.62. The van der Waals surface area contributed by atoms with E-state index in [0.29, 0.717) is 10.4 Å². The predicted octanol–water partition coefficient (Wildman–Crippen LogP) is 2.32. The minimum absolute atomic E-state index is 0.172. The maximum absolute atomic E-state index is 12.4. The second-order valence-electron chi connectivity index (χ2n) is 4.98. The Bertz CT molecular complexity index is 538. The molecule has 5 heteroatoms. The van der Waals surface area contributed by atoms with Gasteiger partial charge in [-0.05, 0) is 42.1 Å². The molecule has 0 aromatic carbocycles. The summed E-state index contributed by atoms with van der Waals surface area (Å²) in [5.74, 6) is 0.315. The Morgan fingerprint density at radius 3 is 2.72 bits per heavy atom. The molecule has 0 saturated carbocycles. The van der Waals surface area contributed by atoms with Gasteiger partial charge in [-0.3, -0.25) is 9.59 Å². The van der Waals surface area contributed by atoms with Crippen molar-refractivity contribution >= 4 is 21.8 Å². The summed E-state index contributed by atoms with van der Waals surface area (Å²) in [5.41, 5.74) is 0.718. The van der Waals surface area contributed by atoms with Crippen molar-refractivity contribution in [3.63, 3.8) is 0 Å². The van der Waals surface area contributed by atoms with Gasteiger partial charge in [0.15, 0.2) is 0 Å². The highest BCUT2D eigenvalue weighted by atomic mass is 79.9. The van der Waals surface area contributed by atoms with Crippen molar-refractivity contribution in [2.45, 2.75) is 33.2 Å². The van der Waals surface area contributed by atoms with E-state index in [2.05, 4.69) is 27.8 Å². The van der Waals surface area contributed by atoms with E-state index in [1.807, 2.05) is 6.92 Å². The molecule has 1 aliphatic rings. The molecular formula is C13H17BrN2O2. The van der Waals surface area contributed by atoms with Crippen LogP contribution in [0.2, 0.25) is 0 Å². The van der Waals surface area contributed by atoms with Crippen LogP contribution in [0.5, 0.6) is 0 Å². The minimum atomic E-state index is -0.233. The number of aryl methyl sites for hydroxylation is 1. The topological polar surface area (TPSA) is 53.2 Å². The second kappa shape index (κ2) is 4.88. The molecular weight excluding hydrogens is 296 g/mol. The zero-order chi connectivity index (χ0) is 13.4. The molecule has 0 spiro atoms. The van der Waals surface area contributed by atoms with E-state index in [0.717, 1.165) is 18.7 Å². The number of amides is 1. The Morgan fingerprint density at radius 2 is 2.17 bits per heavy atom. The van der Waals surface area contributed by atoms with Crippen molar-refractivity contribution < 1.29 is 4.79 Å². The van der Waals surface area contributed by atoms with Gasteiger partial charge >= 0.3 is 0 Å². The molecule has 0 bridgehead atoms. The Labute approximate surface area is 115 Å². The van der Waals surface area contributed by atoms with E-state index < -0.39 is 0 Å². The molecule has 2 unspecified atom stereocenters. The highest BCUT2D eigenvalue weighted by Crippen LogP contribution is 2.24. The van der Waals surface area contributed by atoms with Crippen LogP contribution in [0.25, 0.3) is 0 Å². The molecule has 1 aromatic heterocycles. The van der Waals surface area contributed by atoms with Crippen LogP contribution < -0.4 is 5.43 Å². The predicted molar refractivity (Wildman–Crippen MR) is 73.8 cm³/mol. The molecule has 2 atom stereocenters. The molecule has 2 heterocycles. The first-order valence-corrected chi connectivity index (χ1v) is 6.91. The number of H-pyrrole nitrogens is 1. The van der Waals surface area contributed by atoms with Gasteiger partial charge in [-0.1, -0.05) is 6.92 Å². The van der Waals surface area contributed by atoms with Crippen molar-refractivity contribution in [3.05, 3.63) is 32.2 Å². The van der Waals surface area contributed by atoms with Crippen LogP contribution in [0.15, 0.2) is 15.5 Å². The van der Waals surface area contributed by atoms with Crippen molar-refractivity contribution in [1.29, 1.82) is 0 Å². The van der Waals surface area contributed by atoms with Gasteiger partial charge in [-0.25, -0.2) is 0 Å². The van der Waals surface area contributed by atoms with Gasteiger partial charge in [0.2, 0.25) is 5.43 Å². The monoisotopic (exact) mass is 312 g/mol. The lowest BCUT2D eigenvalue weighted by molar-refractivity contribution is 0.0733. The summed E-state index contributed by atoms with van der Waals surface area (Å²) in [5, 5.41) is 0. The Morgan fingerprint density at radius 1 is 1.50 bits per heavy atom. The molecule has 1 aliphatic heterocycles. The maximum Gasteiger partial charge on any atom is 0.259 e. The minimum Gasteiger partial charge on any atom is -0.363 e. The molecule has 2 rings (SSSR count). The third-order valence-electron chi connectivity index (χ3n) is 3.84. The van der Waals surface area contributed by atoms with Gasteiger partial charge in [-0.2, -0.15) is 0 Å². The first-order valence-electron chi connectivity index (χ1n) is 6.12. The molecule has 1 aromatic rings. The first kappa shape index (κ1) is 13.3. The van der Waals surface area contributed by atoms with Crippen LogP contribution in [0.4, 0.5) is 0 Å².